The van der Waals surface area contributed by atoms with Crippen molar-refractivity contribution < 1.29 is 9.32 Å². The summed E-state index contributed by atoms with van der Waals surface area (Å²) in [6, 6.07) is 1.55. The van der Waals surface area contributed by atoms with Gasteiger partial charge in [0.15, 0.2) is 5.69 Å². The summed E-state index contributed by atoms with van der Waals surface area (Å²) in [5.74, 6) is -0.233. The van der Waals surface area contributed by atoms with E-state index in [2.05, 4.69) is 15.0 Å². The molecule has 0 aromatic carbocycles. The minimum Gasteiger partial charge on any atom is -0.364 e. The van der Waals surface area contributed by atoms with Gasteiger partial charge in [-0.25, -0.2) is 0 Å². The van der Waals surface area contributed by atoms with Crippen LogP contribution in [0.2, 0.25) is 0 Å². The Morgan fingerprint density at radius 2 is 2.43 bits per heavy atom. The first-order valence-electron chi connectivity index (χ1n) is 4.45. The van der Waals surface area contributed by atoms with E-state index in [1.54, 1.807) is 0 Å². The van der Waals surface area contributed by atoms with Crippen LogP contribution in [-0.2, 0) is 0 Å². The van der Waals surface area contributed by atoms with Gasteiger partial charge in [-0.15, -0.1) is 11.6 Å². The zero-order valence-electron chi connectivity index (χ0n) is 8.16. The molecule has 5 heteroatoms. The lowest BCUT2D eigenvalue weighted by atomic mass is 10.2. The molecule has 1 N–H and O–H groups in total. The highest BCUT2D eigenvalue weighted by atomic mass is 35.5. The molecular formula is C9H13ClN2O2. The van der Waals surface area contributed by atoms with Crippen LogP contribution in [0.1, 0.15) is 30.8 Å². The Morgan fingerprint density at radius 1 is 1.71 bits per heavy atom. The Labute approximate surface area is 87.6 Å². The molecule has 78 valence electrons. The van der Waals surface area contributed by atoms with Gasteiger partial charge in [0, 0.05) is 17.5 Å². The highest BCUT2D eigenvalue weighted by Crippen LogP contribution is 2.05. The lowest BCUT2D eigenvalue weighted by molar-refractivity contribution is 0.0929. The number of carbonyl (C=O) groups is 1. The monoisotopic (exact) mass is 216 g/mol. The first-order valence-corrected chi connectivity index (χ1v) is 4.88. The van der Waals surface area contributed by atoms with Gasteiger partial charge in [0.2, 0.25) is 0 Å². The van der Waals surface area contributed by atoms with Gasteiger partial charge in [-0.05, 0) is 20.3 Å². The summed E-state index contributed by atoms with van der Waals surface area (Å²) in [5.41, 5.74) is 0.291. The molecule has 0 saturated carbocycles. The summed E-state index contributed by atoms with van der Waals surface area (Å²) >= 11 is 5.80. The summed E-state index contributed by atoms with van der Waals surface area (Å²) in [5, 5.41) is 6.34. The van der Waals surface area contributed by atoms with Crippen LogP contribution in [0, 0.1) is 0 Å². The number of amides is 1. The topological polar surface area (TPSA) is 55.1 Å². The summed E-state index contributed by atoms with van der Waals surface area (Å²) < 4.78 is 4.56. The first kappa shape index (κ1) is 11.0. The van der Waals surface area contributed by atoms with E-state index in [0.717, 1.165) is 6.42 Å². The van der Waals surface area contributed by atoms with E-state index in [1.165, 1.54) is 12.3 Å². The largest absolute Gasteiger partial charge is 0.364 e. The molecule has 0 aliphatic heterocycles. The van der Waals surface area contributed by atoms with Crippen molar-refractivity contribution in [2.75, 3.05) is 0 Å². The number of nitrogens with one attached hydrogen (secondary N) is 1. The smallest absolute Gasteiger partial charge is 0.273 e. The van der Waals surface area contributed by atoms with Gasteiger partial charge in [0.1, 0.15) is 6.26 Å². The van der Waals surface area contributed by atoms with E-state index >= 15 is 0 Å². The molecule has 1 aromatic rings. The van der Waals surface area contributed by atoms with Gasteiger partial charge in [-0.2, -0.15) is 0 Å². The van der Waals surface area contributed by atoms with Crippen molar-refractivity contribution in [1.82, 2.24) is 10.5 Å². The maximum Gasteiger partial charge on any atom is 0.273 e. The first-order chi connectivity index (χ1) is 6.59. The summed E-state index contributed by atoms with van der Waals surface area (Å²) in [6.45, 7) is 3.79. The Bertz CT molecular complexity index is 285. The van der Waals surface area contributed by atoms with E-state index in [9.17, 15) is 4.79 Å². The number of alkyl halides is 1. The van der Waals surface area contributed by atoms with E-state index in [-0.39, 0.29) is 17.3 Å². The van der Waals surface area contributed by atoms with Crippen molar-refractivity contribution in [2.24, 2.45) is 0 Å². The second-order valence-electron chi connectivity index (χ2n) is 3.28. The quantitative estimate of drug-likeness (QED) is 0.781. The molecule has 1 aromatic heterocycles. The van der Waals surface area contributed by atoms with E-state index in [4.69, 9.17) is 11.6 Å². The summed E-state index contributed by atoms with van der Waals surface area (Å²) in [4.78, 5) is 11.4. The van der Waals surface area contributed by atoms with Gasteiger partial charge >= 0.3 is 0 Å². The molecule has 0 aliphatic rings. The molecule has 0 bridgehead atoms. The minimum absolute atomic E-state index is 0.0340. The molecule has 1 amide bonds. The molecule has 0 radical (unpaired) electrons. The third-order valence-electron chi connectivity index (χ3n) is 1.73. The highest BCUT2D eigenvalue weighted by Gasteiger charge is 2.13. The van der Waals surface area contributed by atoms with Gasteiger partial charge < -0.3 is 9.84 Å². The number of halogens is 1. The van der Waals surface area contributed by atoms with E-state index in [1.807, 2.05) is 13.8 Å². The fraction of sp³-hybridized carbons (Fsp3) is 0.556. The Kier molecular flexibility index (Phi) is 3.95. The normalized spacial score (nSPS) is 14.8. The van der Waals surface area contributed by atoms with Gasteiger partial charge in [0.25, 0.3) is 5.91 Å². The Morgan fingerprint density at radius 3 is 2.93 bits per heavy atom. The number of rotatable bonds is 4. The van der Waals surface area contributed by atoms with Gasteiger partial charge in [0.05, 0.1) is 0 Å². The van der Waals surface area contributed by atoms with Crippen LogP contribution < -0.4 is 5.32 Å². The SMILES string of the molecule is CC(Cl)CC(C)NC(=O)c1ccon1. The molecule has 4 nitrogen and oxygen atoms in total. The average Bonchev–Trinajstić information content (AvgIpc) is 2.53. The molecule has 14 heavy (non-hydrogen) atoms. The van der Waals surface area contributed by atoms with E-state index in [0.29, 0.717) is 5.69 Å². The molecule has 0 aliphatic carbocycles. The summed E-state index contributed by atoms with van der Waals surface area (Å²) in [6.07, 6.45) is 2.09. The van der Waals surface area contributed by atoms with Crippen LogP contribution in [0.15, 0.2) is 16.9 Å². The summed E-state index contributed by atoms with van der Waals surface area (Å²) in [7, 11) is 0. The molecular weight excluding hydrogens is 204 g/mol. The van der Waals surface area contributed by atoms with Gasteiger partial charge in [-0.1, -0.05) is 5.16 Å². The molecule has 2 atom stereocenters. The van der Waals surface area contributed by atoms with Crippen LogP contribution in [0.25, 0.3) is 0 Å². The lowest BCUT2D eigenvalue weighted by Crippen LogP contribution is -2.34. The number of aromatic nitrogens is 1. The van der Waals surface area contributed by atoms with Crippen molar-refractivity contribution in [3.05, 3.63) is 18.0 Å². The minimum atomic E-state index is -0.233. The maximum absolute atomic E-state index is 11.4. The van der Waals surface area contributed by atoms with Crippen molar-refractivity contribution in [3.63, 3.8) is 0 Å². The Balaban J connectivity index is 2.41. The van der Waals surface area contributed by atoms with Crippen molar-refractivity contribution in [3.8, 4) is 0 Å². The molecule has 0 saturated heterocycles. The molecule has 0 fully saturated rings. The number of carbonyl (C=O) groups excluding carboxylic acids is 1. The molecule has 1 rings (SSSR count). The lowest BCUT2D eigenvalue weighted by Gasteiger charge is -2.13. The maximum atomic E-state index is 11.4. The second-order valence-corrected chi connectivity index (χ2v) is 4.02. The average molecular weight is 217 g/mol. The van der Waals surface area contributed by atoms with Gasteiger partial charge in [-0.3, -0.25) is 4.79 Å². The second kappa shape index (κ2) is 5.00. The van der Waals surface area contributed by atoms with Crippen LogP contribution in [0.5, 0.6) is 0 Å². The molecule has 2 unspecified atom stereocenters. The van der Waals surface area contributed by atoms with Crippen LogP contribution in [0.4, 0.5) is 0 Å². The predicted molar refractivity (Wildman–Crippen MR) is 53.4 cm³/mol. The highest BCUT2D eigenvalue weighted by molar-refractivity contribution is 6.20. The molecule has 0 spiro atoms. The van der Waals surface area contributed by atoms with Crippen molar-refractivity contribution in [2.45, 2.75) is 31.7 Å². The van der Waals surface area contributed by atoms with Crippen molar-refractivity contribution in [1.29, 1.82) is 0 Å². The van der Waals surface area contributed by atoms with E-state index < -0.39 is 0 Å². The fourth-order valence-corrected chi connectivity index (χ4v) is 1.44. The number of hydrogen-bond donors (Lipinski definition) is 1. The van der Waals surface area contributed by atoms with Crippen LogP contribution >= 0.6 is 11.6 Å². The standard InChI is InChI=1S/C9H13ClN2O2/c1-6(10)5-7(2)11-9(13)8-3-4-14-12-8/h3-4,6-7H,5H2,1-2H3,(H,11,13). The zero-order chi connectivity index (χ0) is 10.6. The number of nitrogens with zero attached hydrogens (tertiary/aromatic N) is 1. The van der Waals surface area contributed by atoms with Crippen LogP contribution in [-0.4, -0.2) is 22.5 Å². The predicted octanol–water partition coefficient (Wildman–Crippen LogP) is 1.81. The Hall–Kier alpha value is -1.03. The van der Waals surface area contributed by atoms with Crippen molar-refractivity contribution >= 4 is 17.5 Å². The molecule has 1 heterocycles. The third kappa shape index (κ3) is 3.38. The van der Waals surface area contributed by atoms with Crippen LogP contribution in [0.3, 0.4) is 0 Å². The number of hydrogen-bond acceptors (Lipinski definition) is 3. The fourth-order valence-electron chi connectivity index (χ4n) is 1.17. The zero-order valence-corrected chi connectivity index (χ0v) is 8.91. The third-order valence-corrected chi connectivity index (χ3v) is 1.90.